The molecule has 1 aliphatic heterocycles. The van der Waals surface area contributed by atoms with Crippen LogP contribution in [0.4, 0.5) is 0 Å². The number of aryl methyl sites for hydroxylation is 1. The smallest absolute Gasteiger partial charge is 0.161 e. The van der Waals surface area contributed by atoms with Crippen LogP contribution in [0.2, 0.25) is 0 Å². The number of ether oxygens (including phenoxy) is 2. The van der Waals surface area contributed by atoms with Crippen molar-refractivity contribution in [3.8, 4) is 11.5 Å². The van der Waals surface area contributed by atoms with Crippen molar-refractivity contribution in [1.82, 2.24) is 4.90 Å². The third-order valence-electron chi connectivity index (χ3n) is 3.97. The number of rotatable bonds is 6. The molecular weight excluding hydrogens is 298 g/mol. The SMILES string of the molecule is COc1cc(CN2C=CC=CC2)ccc1OCc1cccc(C)c1. The summed E-state index contributed by atoms with van der Waals surface area (Å²) < 4.78 is 11.5. The van der Waals surface area contributed by atoms with Gasteiger partial charge in [0.15, 0.2) is 11.5 Å². The minimum absolute atomic E-state index is 0.539. The predicted molar refractivity (Wildman–Crippen MR) is 97.2 cm³/mol. The van der Waals surface area contributed by atoms with Crippen molar-refractivity contribution < 1.29 is 9.47 Å². The Morgan fingerprint density at radius 1 is 1.00 bits per heavy atom. The molecule has 2 aromatic rings. The molecule has 0 aromatic heterocycles. The molecule has 0 amide bonds. The van der Waals surface area contributed by atoms with E-state index < -0.39 is 0 Å². The summed E-state index contributed by atoms with van der Waals surface area (Å²) in [6.07, 6.45) is 8.38. The lowest BCUT2D eigenvalue weighted by atomic mass is 10.1. The van der Waals surface area contributed by atoms with Crippen molar-refractivity contribution in [2.24, 2.45) is 0 Å². The fourth-order valence-electron chi connectivity index (χ4n) is 2.75. The standard InChI is InChI=1S/C21H23NO2/c1-17-7-6-8-19(13-17)16-24-20-10-9-18(14-21(20)23-2)15-22-11-4-3-5-12-22/h3-11,13-14H,12,15-16H2,1-2H3. The van der Waals surface area contributed by atoms with E-state index in [1.165, 1.54) is 11.1 Å². The van der Waals surface area contributed by atoms with Gasteiger partial charge in [0.05, 0.1) is 7.11 Å². The molecule has 0 fully saturated rings. The molecule has 2 aromatic carbocycles. The van der Waals surface area contributed by atoms with Gasteiger partial charge < -0.3 is 14.4 Å². The average molecular weight is 321 g/mol. The van der Waals surface area contributed by atoms with Gasteiger partial charge in [0.1, 0.15) is 6.61 Å². The number of nitrogens with zero attached hydrogens (tertiary/aromatic N) is 1. The summed E-state index contributed by atoms with van der Waals surface area (Å²) in [6.45, 7) is 4.42. The molecule has 24 heavy (non-hydrogen) atoms. The van der Waals surface area contributed by atoms with Crippen molar-refractivity contribution in [2.75, 3.05) is 13.7 Å². The monoisotopic (exact) mass is 321 g/mol. The summed E-state index contributed by atoms with van der Waals surface area (Å²) in [5.74, 6) is 1.55. The third-order valence-corrected chi connectivity index (χ3v) is 3.97. The van der Waals surface area contributed by atoms with Crippen LogP contribution in [0.1, 0.15) is 16.7 Å². The van der Waals surface area contributed by atoms with Crippen LogP contribution in [0, 0.1) is 6.92 Å². The van der Waals surface area contributed by atoms with Crippen LogP contribution in [-0.2, 0) is 13.2 Å². The molecule has 0 atom stereocenters. The van der Waals surface area contributed by atoms with Crippen molar-refractivity contribution in [3.63, 3.8) is 0 Å². The summed E-state index contributed by atoms with van der Waals surface area (Å²) >= 11 is 0. The van der Waals surface area contributed by atoms with E-state index in [1.807, 2.05) is 6.07 Å². The highest BCUT2D eigenvalue weighted by molar-refractivity contribution is 5.43. The third kappa shape index (κ3) is 4.19. The van der Waals surface area contributed by atoms with Gasteiger partial charge in [-0.2, -0.15) is 0 Å². The highest BCUT2D eigenvalue weighted by atomic mass is 16.5. The molecule has 3 rings (SSSR count). The Kier molecular flexibility index (Phi) is 5.22. The van der Waals surface area contributed by atoms with Crippen LogP contribution in [0.15, 0.2) is 66.9 Å². The van der Waals surface area contributed by atoms with E-state index in [-0.39, 0.29) is 0 Å². The van der Waals surface area contributed by atoms with Crippen LogP contribution < -0.4 is 9.47 Å². The van der Waals surface area contributed by atoms with Gasteiger partial charge in [-0.05, 0) is 42.5 Å². The quantitative estimate of drug-likeness (QED) is 0.783. The molecule has 3 heteroatoms. The molecule has 1 aliphatic rings. The Bertz CT molecular complexity index is 749. The topological polar surface area (TPSA) is 21.7 Å². The number of methoxy groups -OCH3 is 1. The van der Waals surface area contributed by atoms with Crippen LogP contribution >= 0.6 is 0 Å². The van der Waals surface area contributed by atoms with Crippen molar-refractivity contribution in [1.29, 1.82) is 0 Å². The largest absolute Gasteiger partial charge is 0.493 e. The lowest BCUT2D eigenvalue weighted by molar-refractivity contribution is 0.284. The summed E-state index contributed by atoms with van der Waals surface area (Å²) in [5.41, 5.74) is 3.60. The van der Waals surface area contributed by atoms with E-state index in [1.54, 1.807) is 7.11 Å². The lowest BCUT2D eigenvalue weighted by Crippen LogP contribution is -2.18. The minimum Gasteiger partial charge on any atom is -0.493 e. The molecular formula is C21H23NO2. The predicted octanol–water partition coefficient (Wildman–Crippen LogP) is 4.47. The first-order valence-corrected chi connectivity index (χ1v) is 8.17. The number of hydrogen-bond acceptors (Lipinski definition) is 3. The Balaban J connectivity index is 1.67. The van der Waals surface area contributed by atoms with Gasteiger partial charge in [-0.1, -0.05) is 48.0 Å². The van der Waals surface area contributed by atoms with Gasteiger partial charge in [-0.25, -0.2) is 0 Å². The van der Waals surface area contributed by atoms with Gasteiger partial charge in [0.25, 0.3) is 0 Å². The van der Waals surface area contributed by atoms with E-state index in [0.29, 0.717) is 6.61 Å². The zero-order valence-corrected chi connectivity index (χ0v) is 14.2. The molecule has 3 nitrogen and oxygen atoms in total. The summed E-state index contributed by atoms with van der Waals surface area (Å²) in [4.78, 5) is 2.25. The van der Waals surface area contributed by atoms with Crippen LogP contribution in [0.25, 0.3) is 0 Å². The van der Waals surface area contributed by atoms with Gasteiger partial charge in [0.2, 0.25) is 0 Å². The normalized spacial score (nSPS) is 13.2. The summed E-state index contributed by atoms with van der Waals surface area (Å²) in [5, 5.41) is 0. The molecule has 0 N–H and O–H groups in total. The zero-order chi connectivity index (χ0) is 16.8. The Morgan fingerprint density at radius 3 is 2.67 bits per heavy atom. The average Bonchev–Trinajstić information content (AvgIpc) is 2.61. The Labute approximate surface area is 143 Å². The Morgan fingerprint density at radius 2 is 1.92 bits per heavy atom. The van der Waals surface area contributed by atoms with Crippen LogP contribution in [0.3, 0.4) is 0 Å². The van der Waals surface area contributed by atoms with Gasteiger partial charge >= 0.3 is 0 Å². The zero-order valence-electron chi connectivity index (χ0n) is 14.2. The van der Waals surface area contributed by atoms with Crippen molar-refractivity contribution in [2.45, 2.75) is 20.1 Å². The molecule has 0 aliphatic carbocycles. The Hall–Kier alpha value is -2.68. The van der Waals surface area contributed by atoms with Gasteiger partial charge in [-0.15, -0.1) is 0 Å². The maximum absolute atomic E-state index is 5.95. The first kappa shape index (κ1) is 16.2. The second-order valence-corrected chi connectivity index (χ2v) is 5.96. The number of allylic oxidation sites excluding steroid dienone is 2. The van der Waals surface area contributed by atoms with Crippen LogP contribution in [-0.4, -0.2) is 18.6 Å². The first-order chi connectivity index (χ1) is 11.7. The van der Waals surface area contributed by atoms with E-state index in [4.69, 9.17) is 9.47 Å². The van der Waals surface area contributed by atoms with Gasteiger partial charge in [-0.3, -0.25) is 0 Å². The van der Waals surface area contributed by atoms with E-state index >= 15 is 0 Å². The first-order valence-electron chi connectivity index (χ1n) is 8.17. The maximum Gasteiger partial charge on any atom is 0.161 e. The van der Waals surface area contributed by atoms with Crippen molar-refractivity contribution in [3.05, 3.63) is 83.6 Å². The second kappa shape index (κ2) is 7.73. The maximum atomic E-state index is 5.95. The molecule has 1 heterocycles. The van der Waals surface area contributed by atoms with Crippen molar-refractivity contribution >= 4 is 0 Å². The molecule has 124 valence electrons. The fourth-order valence-corrected chi connectivity index (χ4v) is 2.75. The molecule has 0 radical (unpaired) electrons. The highest BCUT2D eigenvalue weighted by Crippen LogP contribution is 2.29. The fraction of sp³-hybridized carbons (Fsp3) is 0.238. The second-order valence-electron chi connectivity index (χ2n) is 5.96. The van der Waals surface area contributed by atoms with Gasteiger partial charge in [0, 0.05) is 13.1 Å². The molecule has 0 bridgehead atoms. The van der Waals surface area contributed by atoms with E-state index in [9.17, 15) is 0 Å². The lowest BCUT2D eigenvalue weighted by Gasteiger charge is -2.21. The summed E-state index contributed by atoms with van der Waals surface area (Å²) in [6, 6.07) is 14.5. The van der Waals surface area contributed by atoms with E-state index in [2.05, 4.69) is 72.6 Å². The van der Waals surface area contributed by atoms with E-state index in [0.717, 1.165) is 30.2 Å². The number of benzene rings is 2. The minimum atomic E-state index is 0.539. The number of hydrogen-bond donors (Lipinski definition) is 0. The molecule has 0 saturated heterocycles. The molecule has 0 spiro atoms. The molecule has 0 unspecified atom stereocenters. The van der Waals surface area contributed by atoms with Crippen LogP contribution in [0.5, 0.6) is 11.5 Å². The summed E-state index contributed by atoms with van der Waals surface area (Å²) in [7, 11) is 1.68. The highest BCUT2D eigenvalue weighted by Gasteiger charge is 2.08. The molecule has 0 saturated carbocycles.